The molecular formula is C10H12N4O2S. The number of carbonyl (C=O) groups is 1. The van der Waals surface area contributed by atoms with E-state index in [0.717, 1.165) is 0 Å². The molecule has 0 bridgehead atoms. The SMILES string of the molecule is CC(=O)Nc1ccc(C=NNC(N)=S)c(O)c1. The van der Waals surface area contributed by atoms with Gasteiger partial charge in [-0.3, -0.25) is 10.2 Å². The molecule has 0 radical (unpaired) electrons. The molecule has 17 heavy (non-hydrogen) atoms. The fraction of sp³-hybridized carbons (Fsp3) is 0.100. The molecule has 0 aliphatic carbocycles. The number of anilines is 1. The van der Waals surface area contributed by atoms with Gasteiger partial charge in [-0.2, -0.15) is 5.10 Å². The van der Waals surface area contributed by atoms with E-state index in [1.165, 1.54) is 19.2 Å². The molecule has 0 fully saturated rings. The molecule has 0 heterocycles. The number of aromatic hydroxyl groups is 1. The zero-order valence-corrected chi connectivity index (χ0v) is 9.91. The molecule has 0 saturated carbocycles. The fourth-order valence-corrected chi connectivity index (χ4v) is 1.15. The number of nitrogens with two attached hydrogens (primary N) is 1. The maximum absolute atomic E-state index is 10.8. The summed E-state index contributed by atoms with van der Waals surface area (Å²) in [5, 5.41) is 15.9. The number of benzene rings is 1. The molecule has 0 atom stereocenters. The minimum absolute atomic E-state index is 0.00950. The largest absolute Gasteiger partial charge is 0.507 e. The van der Waals surface area contributed by atoms with Crippen molar-refractivity contribution in [2.75, 3.05) is 5.32 Å². The molecule has 1 aromatic carbocycles. The van der Waals surface area contributed by atoms with Gasteiger partial charge in [0.05, 0.1) is 6.21 Å². The molecule has 0 spiro atoms. The smallest absolute Gasteiger partial charge is 0.221 e. The van der Waals surface area contributed by atoms with E-state index in [0.29, 0.717) is 11.3 Å². The number of hydrogen-bond donors (Lipinski definition) is 4. The summed E-state index contributed by atoms with van der Waals surface area (Å²) >= 11 is 4.55. The van der Waals surface area contributed by atoms with E-state index >= 15 is 0 Å². The summed E-state index contributed by atoms with van der Waals surface area (Å²) in [7, 11) is 0. The Hall–Kier alpha value is -2.15. The number of phenols is 1. The third kappa shape index (κ3) is 4.47. The van der Waals surface area contributed by atoms with Crippen LogP contribution < -0.4 is 16.5 Å². The number of hydrogen-bond acceptors (Lipinski definition) is 4. The van der Waals surface area contributed by atoms with Crippen LogP contribution in [-0.4, -0.2) is 22.3 Å². The molecule has 0 unspecified atom stereocenters. The van der Waals surface area contributed by atoms with Crippen molar-refractivity contribution in [3.63, 3.8) is 0 Å². The molecule has 0 saturated heterocycles. The lowest BCUT2D eigenvalue weighted by molar-refractivity contribution is -0.114. The lowest BCUT2D eigenvalue weighted by Crippen LogP contribution is -2.23. The van der Waals surface area contributed by atoms with Crippen LogP contribution in [0, 0.1) is 0 Å². The molecule has 5 N–H and O–H groups in total. The quantitative estimate of drug-likeness (QED) is 0.357. The van der Waals surface area contributed by atoms with Gasteiger partial charge in [0.25, 0.3) is 0 Å². The van der Waals surface area contributed by atoms with Crippen molar-refractivity contribution < 1.29 is 9.90 Å². The molecule has 0 aliphatic heterocycles. The van der Waals surface area contributed by atoms with Gasteiger partial charge in [-0.05, 0) is 24.4 Å². The van der Waals surface area contributed by atoms with Crippen LogP contribution in [0.3, 0.4) is 0 Å². The second-order valence-electron chi connectivity index (χ2n) is 3.19. The summed E-state index contributed by atoms with van der Waals surface area (Å²) in [6.07, 6.45) is 1.37. The van der Waals surface area contributed by atoms with E-state index in [-0.39, 0.29) is 16.8 Å². The minimum atomic E-state index is -0.207. The van der Waals surface area contributed by atoms with Crippen LogP contribution in [0.25, 0.3) is 0 Å². The van der Waals surface area contributed by atoms with Crippen LogP contribution in [0.15, 0.2) is 23.3 Å². The molecule has 1 aromatic rings. The third-order valence-corrected chi connectivity index (χ3v) is 1.82. The van der Waals surface area contributed by atoms with Gasteiger partial charge in [0.15, 0.2) is 5.11 Å². The molecule has 0 aromatic heterocycles. The van der Waals surface area contributed by atoms with Gasteiger partial charge in [-0.15, -0.1) is 0 Å². The molecule has 6 nitrogen and oxygen atoms in total. The second-order valence-corrected chi connectivity index (χ2v) is 3.63. The maximum Gasteiger partial charge on any atom is 0.221 e. The predicted molar refractivity (Wildman–Crippen MR) is 69.9 cm³/mol. The average Bonchev–Trinajstić information content (AvgIpc) is 2.20. The van der Waals surface area contributed by atoms with E-state index in [9.17, 15) is 9.90 Å². The number of rotatable bonds is 3. The predicted octanol–water partition coefficient (Wildman–Crippen LogP) is 0.518. The average molecular weight is 252 g/mol. The van der Waals surface area contributed by atoms with Gasteiger partial charge >= 0.3 is 0 Å². The van der Waals surface area contributed by atoms with E-state index in [1.54, 1.807) is 12.1 Å². The van der Waals surface area contributed by atoms with Crippen molar-refractivity contribution in [3.05, 3.63) is 23.8 Å². The lowest BCUT2D eigenvalue weighted by Gasteiger charge is -2.04. The second kappa shape index (κ2) is 5.80. The molecule has 90 valence electrons. The van der Waals surface area contributed by atoms with Crippen molar-refractivity contribution >= 4 is 35.1 Å². The van der Waals surface area contributed by atoms with Crippen molar-refractivity contribution in [2.45, 2.75) is 6.92 Å². The number of nitrogens with one attached hydrogen (secondary N) is 2. The Bertz CT molecular complexity index is 473. The first-order valence-corrected chi connectivity index (χ1v) is 5.09. The Kier molecular flexibility index (Phi) is 4.41. The van der Waals surface area contributed by atoms with Gasteiger partial charge in [0.1, 0.15) is 5.75 Å². The Morgan fingerprint density at radius 3 is 2.82 bits per heavy atom. The van der Waals surface area contributed by atoms with E-state index < -0.39 is 0 Å². The van der Waals surface area contributed by atoms with E-state index in [2.05, 4.69) is 28.1 Å². The minimum Gasteiger partial charge on any atom is -0.507 e. The zero-order valence-electron chi connectivity index (χ0n) is 9.10. The molecule has 7 heteroatoms. The van der Waals surface area contributed by atoms with Gasteiger partial charge in [0.2, 0.25) is 5.91 Å². The highest BCUT2D eigenvalue weighted by Crippen LogP contribution is 2.20. The molecule has 0 aliphatic rings. The van der Waals surface area contributed by atoms with Gasteiger partial charge in [0, 0.05) is 24.2 Å². The van der Waals surface area contributed by atoms with Gasteiger partial charge in [-0.1, -0.05) is 0 Å². The van der Waals surface area contributed by atoms with Gasteiger partial charge < -0.3 is 16.2 Å². The van der Waals surface area contributed by atoms with Gasteiger partial charge in [-0.25, -0.2) is 0 Å². The van der Waals surface area contributed by atoms with Crippen molar-refractivity contribution in [1.29, 1.82) is 0 Å². The third-order valence-electron chi connectivity index (χ3n) is 1.73. The first-order chi connectivity index (χ1) is 7.99. The van der Waals surface area contributed by atoms with Crippen molar-refractivity contribution in [2.24, 2.45) is 10.8 Å². The number of hydrazone groups is 1. The van der Waals surface area contributed by atoms with E-state index in [4.69, 9.17) is 5.73 Å². The van der Waals surface area contributed by atoms with Crippen LogP contribution in [0.1, 0.15) is 12.5 Å². The number of nitrogens with zero attached hydrogens (tertiary/aromatic N) is 1. The molecule has 1 amide bonds. The van der Waals surface area contributed by atoms with E-state index in [1.807, 2.05) is 0 Å². The summed E-state index contributed by atoms with van der Waals surface area (Å²) in [4.78, 5) is 10.8. The number of amides is 1. The van der Waals surface area contributed by atoms with Crippen molar-refractivity contribution in [3.8, 4) is 5.75 Å². The Morgan fingerprint density at radius 2 is 2.29 bits per heavy atom. The molecular weight excluding hydrogens is 240 g/mol. The number of carbonyl (C=O) groups excluding carboxylic acids is 1. The highest BCUT2D eigenvalue weighted by atomic mass is 32.1. The Morgan fingerprint density at radius 1 is 1.59 bits per heavy atom. The highest BCUT2D eigenvalue weighted by molar-refractivity contribution is 7.80. The Labute approximate surface area is 104 Å². The molecule has 1 rings (SSSR count). The summed E-state index contributed by atoms with van der Waals surface area (Å²) < 4.78 is 0. The van der Waals surface area contributed by atoms with Crippen LogP contribution in [0.5, 0.6) is 5.75 Å². The normalized spacial score (nSPS) is 10.2. The Balaban J connectivity index is 2.79. The number of thiocarbonyl (C=S) groups is 1. The lowest BCUT2D eigenvalue weighted by atomic mass is 10.2. The van der Waals surface area contributed by atoms with Crippen LogP contribution in [0.4, 0.5) is 5.69 Å². The zero-order chi connectivity index (χ0) is 12.8. The highest BCUT2D eigenvalue weighted by Gasteiger charge is 2.01. The maximum atomic E-state index is 10.8. The number of phenolic OH excluding ortho intramolecular Hbond substituents is 1. The topological polar surface area (TPSA) is 99.7 Å². The first-order valence-electron chi connectivity index (χ1n) is 4.68. The summed E-state index contributed by atoms with van der Waals surface area (Å²) in [5.74, 6) is -0.217. The monoisotopic (exact) mass is 252 g/mol. The summed E-state index contributed by atoms with van der Waals surface area (Å²) in [6, 6.07) is 4.66. The van der Waals surface area contributed by atoms with Crippen LogP contribution >= 0.6 is 12.2 Å². The van der Waals surface area contributed by atoms with Crippen LogP contribution in [-0.2, 0) is 4.79 Å². The fourth-order valence-electron chi connectivity index (χ4n) is 1.10. The summed E-state index contributed by atoms with van der Waals surface area (Å²) in [5.41, 5.74) is 8.52. The summed E-state index contributed by atoms with van der Waals surface area (Å²) in [6.45, 7) is 1.39. The van der Waals surface area contributed by atoms with Crippen LogP contribution in [0.2, 0.25) is 0 Å². The standard InChI is InChI=1S/C10H12N4O2S/c1-6(15)13-8-3-2-7(9(16)4-8)5-12-14-10(11)17/h2-5,16H,1H3,(H,13,15)(H3,11,14,17). The first kappa shape index (κ1) is 12.9. The van der Waals surface area contributed by atoms with Crippen molar-refractivity contribution in [1.82, 2.24) is 5.43 Å².